The van der Waals surface area contributed by atoms with Crippen molar-refractivity contribution in [2.24, 2.45) is 0 Å². The fraction of sp³-hybridized carbons (Fsp3) is 0.111. The summed E-state index contributed by atoms with van der Waals surface area (Å²) in [5.74, 6) is -0.00759. The number of aryl methyl sites for hydroxylation is 1. The Morgan fingerprint density at radius 3 is 2.71 bits per heavy atom. The lowest BCUT2D eigenvalue weighted by molar-refractivity contribution is 0.104. The number of rotatable bonds is 4. The number of aromatic nitrogens is 2. The molecule has 3 heteroatoms. The third-order valence-electron chi connectivity index (χ3n) is 3.42. The fourth-order valence-corrected chi connectivity index (χ4v) is 2.24. The van der Waals surface area contributed by atoms with Crippen LogP contribution in [0.2, 0.25) is 0 Å². The molecule has 0 aliphatic heterocycles. The van der Waals surface area contributed by atoms with E-state index in [0.717, 1.165) is 23.0 Å². The average molecular weight is 276 g/mol. The van der Waals surface area contributed by atoms with Crippen molar-refractivity contribution >= 4 is 22.6 Å². The summed E-state index contributed by atoms with van der Waals surface area (Å²) in [5, 5.41) is 6.54. The molecule has 0 amide bonds. The van der Waals surface area contributed by atoms with E-state index in [4.69, 9.17) is 0 Å². The highest BCUT2D eigenvalue weighted by Crippen LogP contribution is 2.16. The molecule has 3 nitrogen and oxygen atoms in total. The first-order valence-electron chi connectivity index (χ1n) is 7.01. The molecule has 0 unspecified atom stereocenters. The molecule has 0 radical (unpaired) electrons. The van der Waals surface area contributed by atoms with E-state index in [1.165, 1.54) is 0 Å². The van der Waals surface area contributed by atoms with E-state index in [1.807, 2.05) is 66.3 Å². The molecule has 0 bridgehead atoms. The predicted molar refractivity (Wildman–Crippen MR) is 85.2 cm³/mol. The van der Waals surface area contributed by atoms with Crippen molar-refractivity contribution in [3.05, 3.63) is 72.1 Å². The highest BCUT2D eigenvalue weighted by Gasteiger charge is 2.03. The maximum atomic E-state index is 12.2. The van der Waals surface area contributed by atoms with E-state index in [9.17, 15) is 4.79 Å². The number of carbonyl (C=O) groups excluding carboxylic acids is 1. The van der Waals surface area contributed by atoms with E-state index in [0.29, 0.717) is 5.56 Å². The second-order valence-electron chi connectivity index (χ2n) is 4.86. The SMILES string of the molecule is CCn1ccc(C=CC(=O)c2ccc3ccccc3c2)n1. The quantitative estimate of drug-likeness (QED) is 0.534. The maximum Gasteiger partial charge on any atom is 0.185 e. The predicted octanol–water partition coefficient (Wildman–Crippen LogP) is 3.95. The van der Waals surface area contributed by atoms with Crippen molar-refractivity contribution in [2.75, 3.05) is 0 Å². The Kier molecular flexibility index (Phi) is 3.65. The van der Waals surface area contributed by atoms with Crippen molar-refractivity contribution in [3.63, 3.8) is 0 Å². The van der Waals surface area contributed by atoms with Crippen LogP contribution in [-0.2, 0) is 6.54 Å². The average Bonchev–Trinajstić information content (AvgIpc) is 3.00. The first kappa shape index (κ1) is 13.3. The van der Waals surface area contributed by atoms with Crippen LogP contribution in [0.4, 0.5) is 0 Å². The minimum atomic E-state index is -0.00759. The van der Waals surface area contributed by atoms with Crippen molar-refractivity contribution in [1.82, 2.24) is 9.78 Å². The minimum Gasteiger partial charge on any atom is -0.289 e. The van der Waals surface area contributed by atoms with Crippen LogP contribution in [0.15, 0.2) is 60.8 Å². The molecule has 2 aromatic carbocycles. The van der Waals surface area contributed by atoms with Gasteiger partial charge in [-0.25, -0.2) is 0 Å². The molecular formula is C18H16N2O. The Hall–Kier alpha value is -2.68. The molecule has 3 rings (SSSR count). The number of fused-ring (bicyclic) bond motifs is 1. The number of ketones is 1. The fourth-order valence-electron chi connectivity index (χ4n) is 2.24. The molecule has 0 atom stereocenters. The van der Waals surface area contributed by atoms with Gasteiger partial charge in [-0.05, 0) is 42.0 Å². The number of nitrogens with zero attached hydrogens (tertiary/aromatic N) is 2. The number of hydrogen-bond acceptors (Lipinski definition) is 2. The normalized spacial score (nSPS) is 11.3. The van der Waals surface area contributed by atoms with E-state index in [2.05, 4.69) is 5.10 Å². The lowest BCUT2D eigenvalue weighted by atomic mass is 10.0. The van der Waals surface area contributed by atoms with Crippen LogP contribution in [0.1, 0.15) is 23.0 Å². The molecule has 0 aliphatic rings. The second-order valence-corrected chi connectivity index (χ2v) is 4.86. The van der Waals surface area contributed by atoms with Gasteiger partial charge >= 0.3 is 0 Å². The van der Waals surface area contributed by atoms with E-state index in [-0.39, 0.29) is 5.78 Å². The highest BCUT2D eigenvalue weighted by molar-refractivity contribution is 6.08. The van der Waals surface area contributed by atoms with Gasteiger partial charge in [-0.2, -0.15) is 5.10 Å². The van der Waals surface area contributed by atoms with Gasteiger partial charge in [-0.3, -0.25) is 9.48 Å². The van der Waals surface area contributed by atoms with Crippen molar-refractivity contribution in [1.29, 1.82) is 0 Å². The van der Waals surface area contributed by atoms with Crippen LogP contribution < -0.4 is 0 Å². The first-order chi connectivity index (χ1) is 10.3. The zero-order valence-electron chi connectivity index (χ0n) is 11.9. The lowest BCUT2D eigenvalue weighted by Gasteiger charge is -2.00. The second kappa shape index (κ2) is 5.75. The summed E-state index contributed by atoms with van der Waals surface area (Å²) >= 11 is 0. The van der Waals surface area contributed by atoms with Crippen LogP contribution in [0, 0.1) is 0 Å². The summed E-state index contributed by atoms with van der Waals surface area (Å²) in [4.78, 5) is 12.2. The monoisotopic (exact) mass is 276 g/mol. The van der Waals surface area contributed by atoms with Crippen LogP contribution in [0.25, 0.3) is 16.8 Å². The maximum absolute atomic E-state index is 12.2. The van der Waals surface area contributed by atoms with Gasteiger partial charge < -0.3 is 0 Å². The van der Waals surface area contributed by atoms with Gasteiger partial charge in [0.25, 0.3) is 0 Å². The van der Waals surface area contributed by atoms with Gasteiger partial charge in [0.05, 0.1) is 5.69 Å². The van der Waals surface area contributed by atoms with Crippen molar-refractivity contribution in [2.45, 2.75) is 13.5 Å². The van der Waals surface area contributed by atoms with E-state index in [1.54, 1.807) is 12.2 Å². The Morgan fingerprint density at radius 2 is 1.95 bits per heavy atom. The van der Waals surface area contributed by atoms with Gasteiger partial charge in [0.1, 0.15) is 0 Å². The number of carbonyl (C=O) groups is 1. The summed E-state index contributed by atoms with van der Waals surface area (Å²) in [7, 11) is 0. The number of allylic oxidation sites excluding steroid dienone is 1. The topological polar surface area (TPSA) is 34.9 Å². The van der Waals surface area contributed by atoms with Crippen LogP contribution in [0.5, 0.6) is 0 Å². The lowest BCUT2D eigenvalue weighted by Crippen LogP contribution is -1.95. The van der Waals surface area contributed by atoms with Gasteiger partial charge in [0.2, 0.25) is 0 Å². The van der Waals surface area contributed by atoms with Gasteiger partial charge in [0.15, 0.2) is 5.78 Å². The Morgan fingerprint density at radius 1 is 1.14 bits per heavy atom. The molecule has 0 N–H and O–H groups in total. The van der Waals surface area contributed by atoms with Gasteiger partial charge in [-0.15, -0.1) is 0 Å². The van der Waals surface area contributed by atoms with E-state index < -0.39 is 0 Å². The Labute approximate surface area is 123 Å². The van der Waals surface area contributed by atoms with Crippen LogP contribution in [-0.4, -0.2) is 15.6 Å². The molecule has 0 fully saturated rings. The van der Waals surface area contributed by atoms with Crippen molar-refractivity contribution in [3.8, 4) is 0 Å². The Balaban J connectivity index is 1.83. The van der Waals surface area contributed by atoms with Gasteiger partial charge in [0, 0.05) is 18.3 Å². The zero-order valence-corrected chi connectivity index (χ0v) is 11.9. The van der Waals surface area contributed by atoms with Gasteiger partial charge in [-0.1, -0.05) is 36.4 Å². The standard InChI is InChI=1S/C18H16N2O/c1-2-20-12-11-17(19-20)9-10-18(21)16-8-7-14-5-3-4-6-15(14)13-16/h3-13H,2H2,1H3. The summed E-state index contributed by atoms with van der Waals surface area (Å²) < 4.78 is 1.83. The number of benzene rings is 2. The summed E-state index contributed by atoms with van der Waals surface area (Å²) in [6.07, 6.45) is 5.23. The molecule has 0 saturated carbocycles. The third kappa shape index (κ3) is 2.92. The van der Waals surface area contributed by atoms with Crippen molar-refractivity contribution < 1.29 is 4.79 Å². The molecule has 0 saturated heterocycles. The molecule has 0 aliphatic carbocycles. The summed E-state index contributed by atoms with van der Waals surface area (Å²) in [5.41, 5.74) is 1.49. The Bertz CT molecular complexity index is 815. The molecule has 1 aromatic heterocycles. The van der Waals surface area contributed by atoms with Crippen LogP contribution in [0.3, 0.4) is 0 Å². The summed E-state index contributed by atoms with van der Waals surface area (Å²) in [6, 6.07) is 15.7. The molecule has 21 heavy (non-hydrogen) atoms. The van der Waals surface area contributed by atoms with E-state index >= 15 is 0 Å². The highest BCUT2D eigenvalue weighted by atomic mass is 16.1. The summed E-state index contributed by atoms with van der Waals surface area (Å²) in [6.45, 7) is 2.85. The largest absolute Gasteiger partial charge is 0.289 e. The smallest absolute Gasteiger partial charge is 0.185 e. The molecular weight excluding hydrogens is 260 g/mol. The molecule has 3 aromatic rings. The number of hydrogen-bond donors (Lipinski definition) is 0. The van der Waals surface area contributed by atoms with Crippen LogP contribution >= 0.6 is 0 Å². The third-order valence-corrected chi connectivity index (χ3v) is 3.42. The molecule has 104 valence electrons. The molecule has 1 heterocycles. The zero-order chi connectivity index (χ0) is 14.7. The minimum absolute atomic E-state index is 0.00759. The first-order valence-corrected chi connectivity index (χ1v) is 7.01. The molecule has 0 spiro atoms.